The maximum Gasteiger partial charge on any atom is 0.246 e. The Morgan fingerprint density at radius 1 is 0.904 bits per heavy atom. The minimum absolute atomic E-state index is 0.00552. The van der Waals surface area contributed by atoms with Gasteiger partial charge in [-0.05, 0) is 73.4 Å². The summed E-state index contributed by atoms with van der Waals surface area (Å²) in [5.74, 6) is -1.07. The van der Waals surface area contributed by atoms with Crippen LogP contribution in [0.3, 0.4) is 0 Å². The largest absolute Gasteiger partial charge is 0.487 e. The van der Waals surface area contributed by atoms with E-state index >= 15 is 0 Å². The van der Waals surface area contributed by atoms with Crippen molar-refractivity contribution in [2.24, 2.45) is 10.8 Å². The van der Waals surface area contributed by atoms with Gasteiger partial charge in [0.15, 0.2) is 16.7 Å². The van der Waals surface area contributed by atoms with E-state index in [1.54, 1.807) is 40.5 Å². The SMILES string of the molecule is Cc1ncsc1-c1ccc(CNC(=O)[C@@H]2C[C@@H](O)CN2C(=O)[C@@H](NC(=O)CCNCCn2cc(COCCOCCOCCNC(=O)[C@]3(Cc4cccc(Nc5nccs5)n4)CC[C@@H](Oc4cccc(Cl)c4F)CC3)nn2)C(C)(C)C)cc1. The lowest BCUT2D eigenvalue weighted by Gasteiger charge is -2.39. The number of benzene rings is 2. The third-order valence-electron chi connectivity index (χ3n) is 14.4. The normalized spacial score (nSPS) is 18.4. The molecule has 2 aromatic carbocycles. The zero-order valence-electron chi connectivity index (χ0n) is 47.2. The van der Waals surface area contributed by atoms with E-state index in [4.69, 9.17) is 35.5 Å². The van der Waals surface area contributed by atoms with Gasteiger partial charge in [-0.15, -0.1) is 27.8 Å². The quantitative estimate of drug-likeness (QED) is 0.0253. The number of amides is 4. The van der Waals surface area contributed by atoms with Gasteiger partial charge >= 0.3 is 0 Å². The highest BCUT2D eigenvalue weighted by atomic mass is 35.5. The summed E-state index contributed by atoms with van der Waals surface area (Å²) in [6.07, 6.45) is 5.06. The number of anilines is 2. The number of β-amino-alcohol motifs (C(OH)–C–C–N with tert-alkyl or cyclic N) is 1. The monoisotopic (exact) mass is 1200 g/mol. The topological polar surface area (TPSA) is 258 Å². The molecule has 1 saturated carbocycles. The van der Waals surface area contributed by atoms with Crippen LogP contribution in [0.5, 0.6) is 5.75 Å². The molecular formula is C58H74ClFN12O9S2. The van der Waals surface area contributed by atoms with Crippen LogP contribution in [-0.4, -0.2) is 147 Å². The van der Waals surface area contributed by atoms with Crippen LogP contribution in [0.25, 0.3) is 10.4 Å². The summed E-state index contributed by atoms with van der Waals surface area (Å²) in [6.45, 7) is 11.3. The first-order valence-electron chi connectivity index (χ1n) is 27.9. The predicted molar refractivity (Wildman–Crippen MR) is 314 cm³/mol. The zero-order chi connectivity index (χ0) is 58.8. The molecule has 446 valence electrons. The van der Waals surface area contributed by atoms with E-state index in [0.717, 1.165) is 32.5 Å². The number of halogens is 2. The molecule has 83 heavy (non-hydrogen) atoms. The van der Waals surface area contributed by atoms with Crippen molar-refractivity contribution in [3.05, 3.63) is 117 Å². The van der Waals surface area contributed by atoms with Gasteiger partial charge in [0, 0.05) is 69.3 Å². The minimum Gasteiger partial charge on any atom is -0.487 e. The number of aliphatic hydroxyl groups excluding tert-OH is 1. The molecular weight excluding hydrogens is 1130 g/mol. The summed E-state index contributed by atoms with van der Waals surface area (Å²) in [7, 11) is 0. The lowest BCUT2D eigenvalue weighted by Crippen LogP contribution is -2.57. The molecule has 0 bridgehead atoms. The highest BCUT2D eigenvalue weighted by Gasteiger charge is 2.45. The van der Waals surface area contributed by atoms with E-state index in [-0.39, 0.29) is 73.7 Å². The van der Waals surface area contributed by atoms with Crippen molar-refractivity contribution < 1.29 is 47.6 Å². The Kier molecular flexibility index (Phi) is 22.9. The number of carbonyl (C=O) groups is 4. The summed E-state index contributed by atoms with van der Waals surface area (Å²) < 4.78 is 39.6. The average molecular weight is 1200 g/mol. The summed E-state index contributed by atoms with van der Waals surface area (Å²) in [5.41, 5.74) is 4.67. The Labute approximate surface area is 495 Å². The number of ether oxygens (including phenoxy) is 4. The second kappa shape index (κ2) is 30.3. The fraction of sp³-hybridized carbons (Fsp3) is 0.500. The second-order valence-electron chi connectivity index (χ2n) is 21.8. The predicted octanol–water partition coefficient (Wildman–Crippen LogP) is 6.80. The molecule has 0 unspecified atom stereocenters. The molecule has 0 spiro atoms. The van der Waals surface area contributed by atoms with Crippen molar-refractivity contribution >= 4 is 68.9 Å². The van der Waals surface area contributed by atoms with Crippen molar-refractivity contribution in [3.8, 4) is 16.2 Å². The molecule has 2 fully saturated rings. The van der Waals surface area contributed by atoms with E-state index in [1.807, 2.05) is 81.1 Å². The number of likely N-dealkylation sites (tertiary alicyclic amines) is 1. The standard InChI is InChI=1S/C58H74ClFN12O9S2/c1-38-51(83-37-65-38)40-13-11-39(12-14-40)33-64-53(75)46-31-43(73)35-72(46)54(76)52(57(2,3)4)68-49(74)17-20-61-21-24-71-34-42(69-70-71)36-80-29-28-79-27-26-78-25-22-62-55(77)58(32-41-7-5-10-48(66-41)67-56-63-23-30-82-56)18-15-44(16-19-58)81-47-9-6-8-45(59)50(47)60/h5-14,23,30,34,37,43-44,46,52,61,73H,15-22,24-29,31-33,35-36H2,1-4H3,(H,62,77)(H,64,75)(H,68,74)(H,63,66,67)/t43-,44-,46+,52-,58-/m1/s1. The lowest BCUT2D eigenvalue weighted by atomic mass is 9.69. The van der Waals surface area contributed by atoms with Gasteiger partial charge in [-0.1, -0.05) is 74.0 Å². The second-order valence-corrected chi connectivity index (χ2v) is 23.9. The molecule has 8 rings (SSSR count). The van der Waals surface area contributed by atoms with Crippen molar-refractivity contribution in [1.29, 1.82) is 0 Å². The Hall–Kier alpha value is -6.51. The molecule has 2 aliphatic rings. The highest BCUT2D eigenvalue weighted by molar-refractivity contribution is 7.13. The first kappa shape index (κ1) is 62.5. The van der Waals surface area contributed by atoms with Crippen LogP contribution in [0, 0.1) is 23.6 Å². The number of thiazole rings is 2. The number of hydrogen-bond donors (Lipinski definition) is 6. The zero-order valence-corrected chi connectivity index (χ0v) is 49.6. The van der Waals surface area contributed by atoms with E-state index < -0.39 is 40.7 Å². The van der Waals surface area contributed by atoms with Crippen molar-refractivity contribution in [1.82, 2.24) is 56.1 Å². The molecule has 3 atom stereocenters. The van der Waals surface area contributed by atoms with Gasteiger partial charge < -0.3 is 55.5 Å². The Balaban J connectivity index is 0.675. The number of aliphatic hydroxyl groups is 1. The third-order valence-corrected chi connectivity index (χ3v) is 16.4. The molecule has 1 saturated heterocycles. The van der Waals surface area contributed by atoms with Crippen LogP contribution < -0.4 is 31.3 Å². The van der Waals surface area contributed by atoms with Crippen molar-refractivity contribution in [2.75, 3.05) is 64.5 Å². The fourth-order valence-corrected chi connectivity index (χ4v) is 11.5. The summed E-state index contributed by atoms with van der Waals surface area (Å²) in [5, 5.41) is 36.9. The number of nitrogens with one attached hydrogen (secondary N) is 5. The maximum absolute atomic E-state index is 14.7. The van der Waals surface area contributed by atoms with Crippen LogP contribution >= 0.6 is 34.3 Å². The Bertz CT molecular complexity index is 3050. The number of nitrogens with zero attached hydrogens (tertiary/aromatic N) is 7. The lowest BCUT2D eigenvalue weighted by molar-refractivity contribution is -0.144. The highest BCUT2D eigenvalue weighted by Crippen LogP contribution is 2.41. The van der Waals surface area contributed by atoms with Gasteiger partial charge in [0.2, 0.25) is 23.6 Å². The van der Waals surface area contributed by atoms with Gasteiger partial charge in [-0.25, -0.2) is 19.3 Å². The van der Waals surface area contributed by atoms with Gasteiger partial charge in [0.25, 0.3) is 0 Å². The number of carbonyl (C=O) groups excluding carboxylic acids is 4. The van der Waals surface area contributed by atoms with E-state index in [9.17, 15) is 28.7 Å². The molecule has 5 heterocycles. The van der Waals surface area contributed by atoms with Crippen molar-refractivity contribution in [2.45, 2.75) is 117 Å². The molecule has 0 radical (unpaired) electrons. The van der Waals surface area contributed by atoms with Gasteiger partial charge in [-0.2, -0.15) is 0 Å². The molecule has 4 aromatic heterocycles. The molecule has 21 nitrogen and oxygen atoms in total. The van der Waals surface area contributed by atoms with Crippen molar-refractivity contribution in [3.63, 3.8) is 0 Å². The van der Waals surface area contributed by atoms with E-state index in [0.29, 0.717) is 96.2 Å². The fourth-order valence-electron chi connectivity index (χ4n) is 9.98. The number of rotatable bonds is 30. The van der Waals surface area contributed by atoms with E-state index in [1.165, 1.54) is 22.3 Å². The molecule has 25 heteroatoms. The number of aromatic nitrogens is 6. The number of hydrogen-bond acceptors (Lipinski definition) is 18. The molecule has 1 aliphatic heterocycles. The van der Waals surface area contributed by atoms with Gasteiger partial charge in [0.05, 0.1) is 91.1 Å². The first-order chi connectivity index (χ1) is 40.0. The van der Waals surface area contributed by atoms with Crippen LogP contribution in [-0.2, 0) is 59.5 Å². The summed E-state index contributed by atoms with van der Waals surface area (Å²) >= 11 is 9.04. The Morgan fingerprint density at radius 3 is 2.40 bits per heavy atom. The average Bonchev–Trinajstić information content (AvgIpc) is 4.45. The third kappa shape index (κ3) is 18.2. The molecule has 4 amide bonds. The molecule has 6 aromatic rings. The van der Waals surface area contributed by atoms with Gasteiger partial charge in [-0.3, -0.25) is 23.9 Å². The first-order valence-corrected chi connectivity index (χ1v) is 30.1. The molecule has 6 N–H and O–H groups in total. The number of aryl methyl sites for hydroxylation is 1. The smallest absolute Gasteiger partial charge is 0.246 e. The maximum atomic E-state index is 14.7. The minimum atomic E-state index is -0.928. The van der Waals surface area contributed by atoms with Crippen LogP contribution in [0.2, 0.25) is 5.02 Å². The van der Waals surface area contributed by atoms with Crippen LogP contribution in [0.4, 0.5) is 15.3 Å². The number of pyridine rings is 1. The van der Waals surface area contributed by atoms with Gasteiger partial charge in [0.1, 0.15) is 23.6 Å². The van der Waals surface area contributed by atoms with Crippen LogP contribution in [0.1, 0.15) is 81.9 Å². The Morgan fingerprint density at radius 2 is 1.66 bits per heavy atom. The summed E-state index contributed by atoms with van der Waals surface area (Å²) in [4.78, 5) is 70.7. The van der Waals surface area contributed by atoms with Crippen LogP contribution in [0.15, 0.2) is 83.9 Å². The summed E-state index contributed by atoms with van der Waals surface area (Å²) in [6, 6.07) is 16.4. The molecule has 1 aliphatic carbocycles. The van der Waals surface area contributed by atoms with E-state index in [2.05, 4.69) is 46.9 Å².